The van der Waals surface area contributed by atoms with Crippen molar-refractivity contribution in [1.82, 2.24) is 24.4 Å². The van der Waals surface area contributed by atoms with Crippen molar-refractivity contribution in [1.29, 1.82) is 0 Å². The van der Waals surface area contributed by atoms with E-state index >= 15 is 0 Å². The number of hydrogen-bond donors (Lipinski definition) is 1. The highest BCUT2D eigenvalue weighted by atomic mass is 32.2. The zero-order valence-electron chi connectivity index (χ0n) is 17.0. The van der Waals surface area contributed by atoms with E-state index in [1.165, 1.54) is 23.4 Å². The van der Waals surface area contributed by atoms with Crippen LogP contribution in [-0.4, -0.2) is 36.8 Å². The number of aromatic nitrogens is 4. The van der Waals surface area contributed by atoms with Gasteiger partial charge in [-0.05, 0) is 13.3 Å². The fourth-order valence-electron chi connectivity index (χ4n) is 2.66. The second-order valence-corrected chi connectivity index (χ2v) is 8.16. The Morgan fingerprint density at radius 2 is 1.96 bits per heavy atom. The third-order valence-electron chi connectivity index (χ3n) is 4.21. The number of thioether (sulfide) groups is 1. The van der Waals surface area contributed by atoms with Gasteiger partial charge in [0.15, 0.2) is 5.65 Å². The van der Waals surface area contributed by atoms with Crippen LogP contribution in [0.3, 0.4) is 0 Å². The fraction of sp³-hybridized carbons (Fsp3) is 0.526. The molecule has 1 N–H and O–H groups in total. The Kier molecular flexibility index (Phi) is 7.17. The molecule has 0 spiro atoms. The maximum atomic E-state index is 12.9. The van der Waals surface area contributed by atoms with Crippen molar-refractivity contribution in [2.45, 2.75) is 56.9 Å². The molecule has 0 aliphatic carbocycles. The molecule has 152 valence electrons. The van der Waals surface area contributed by atoms with Gasteiger partial charge in [0, 0.05) is 26.1 Å². The maximum Gasteiger partial charge on any atom is 0.332 e. The third kappa shape index (κ3) is 4.35. The molecule has 0 aliphatic rings. The Morgan fingerprint density at radius 3 is 2.54 bits per heavy atom. The molecule has 2 aromatic rings. The van der Waals surface area contributed by atoms with E-state index in [1.54, 1.807) is 13.0 Å². The topological polar surface area (TPSA) is 98.9 Å². The SMILES string of the molecule is C=CCNC(=O)C(C)Sc1nc(C(C)C)nc2c1c(=O)n(C)c(=O)n2CCC. The first-order valence-corrected chi connectivity index (χ1v) is 10.2. The van der Waals surface area contributed by atoms with E-state index < -0.39 is 16.5 Å². The van der Waals surface area contributed by atoms with Crippen molar-refractivity contribution in [2.24, 2.45) is 7.05 Å². The minimum Gasteiger partial charge on any atom is -0.352 e. The summed E-state index contributed by atoms with van der Waals surface area (Å²) in [5.74, 6) is 0.357. The summed E-state index contributed by atoms with van der Waals surface area (Å²) in [6.07, 6.45) is 2.32. The number of carbonyl (C=O) groups is 1. The molecule has 28 heavy (non-hydrogen) atoms. The Labute approximate surface area is 168 Å². The van der Waals surface area contributed by atoms with Gasteiger partial charge in [0.25, 0.3) is 5.56 Å². The predicted octanol–water partition coefficient (Wildman–Crippen LogP) is 1.81. The highest BCUT2D eigenvalue weighted by Gasteiger charge is 2.23. The molecule has 0 aromatic carbocycles. The monoisotopic (exact) mass is 405 g/mol. The molecular formula is C19H27N5O3S. The number of nitrogens with zero attached hydrogens (tertiary/aromatic N) is 4. The van der Waals surface area contributed by atoms with Gasteiger partial charge in [0.05, 0.1) is 5.25 Å². The van der Waals surface area contributed by atoms with Gasteiger partial charge in [0.1, 0.15) is 16.2 Å². The zero-order valence-corrected chi connectivity index (χ0v) is 17.8. The minimum absolute atomic E-state index is 0.00267. The van der Waals surface area contributed by atoms with Gasteiger partial charge in [-0.2, -0.15) is 0 Å². The number of aryl methyl sites for hydroxylation is 1. The van der Waals surface area contributed by atoms with Gasteiger partial charge >= 0.3 is 5.69 Å². The minimum atomic E-state index is -0.477. The predicted molar refractivity (Wildman–Crippen MR) is 112 cm³/mol. The molecule has 1 unspecified atom stereocenters. The second-order valence-electron chi connectivity index (χ2n) is 6.83. The zero-order chi connectivity index (χ0) is 21.0. The van der Waals surface area contributed by atoms with Crippen molar-refractivity contribution < 1.29 is 4.79 Å². The average molecular weight is 406 g/mol. The van der Waals surface area contributed by atoms with Crippen LogP contribution in [0.5, 0.6) is 0 Å². The van der Waals surface area contributed by atoms with Crippen molar-refractivity contribution in [3.8, 4) is 0 Å². The molecular weight excluding hydrogens is 378 g/mol. The Hall–Kier alpha value is -2.42. The number of carbonyl (C=O) groups excluding carboxylic acids is 1. The van der Waals surface area contributed by atoms with E-state index in [4.69, 9.17) is 0 Å². The van der Waals surface area contributed by atoms with Gasteiger partial charge in [0.2, 0.25) is 5.91 Å². The Morgan fingerprint density at radius 1 is 1.29 bits per heavy atom. The highest BCUT2D eigenvalue weighted by molar-refractivity contribution is 8.00. The van der Waals surface area contributed by atoms with Crippen molar-refractivity contribution in [3.05, 3.63) is 39.3 Å². The van der Waals surface area contributed by atoms with Crippen LogP contribution in [0.15, 0.2) is 27.3 Å². The van der Waals surface area contributed by atoms with E-state index in [1.807, 2.05) is 20.8 Å². The molecule has 2 rings (SSSR count). The van der Waals surface area contributed by atoms with Crippen LogP contribution in [0.1, 0.15) is 45.9 Å². The van der Waals surface area contributed by atoms with Crippen molar-refractivity contribution in [2.75, 3.05) is 6.54 Å². The van der Waals surface area contributed by atoms with Crippen LogP contribution in [0.4, 0.5) is 0 Å². The lowest BCUT2D eigenvalue weighted by molar-refractivity contribution is -0.120. The molecule has 1 amide bonds. The number of amides is 1. The van der Waals surface area contributed by atoms with Crippen molar-refractivity contribution in [3.63, 3.8) is 0 Å². The van der Waals surface area contributed by atoms with Crippen LogP contribution in [0.2, 0.25) is 0 Å². The lowest BCUT2D eigenvalue weighted by Gasteiger charge is -2.16. The van der Waals surface area contributed by atoms with Crippen LogP contribution >= 0.6 is 11.8 Å². The van der Waals surface area contributed by atoms with Crippen LogP contribution < -0.4 is 16.6 Å². The number of hydrogen-bond acceptors (Lipinski definition) is 6. The molecule has 2 heterocycles. The summed E-state index contributed by atoms with van der Waals surface area (Å²) >= 11 is 1.19. The normalized spacial score (nSPS) is 12.4. The maximum absolute atomic E-state index is 12.9. The third-order valence-corrected chi connectivity index (χ3v) is 5.29. The molecule has 0 saturated heterocycles. The number of nitrogens with one attached hydrogen (secondary N) is 1. The number of rotatable bonds is 8. The second kappa shape index (κ2) is 9.18. The highest BCUT2D eigenvalue weighted by Crippen LogP contribution is 2.28. The molecule has 0 bridgehead atoms. The molecule has 8 nitrogen and oxygen atoms in total. The fourth-order valence-corrected chi connectivity index (χ4v) is 3.63. The molecule has 1 atom stereocenters. The molecule has 0 radical (unpaired) electrons. The lowest BCUT2D eigenvalue weighted by Crippen LogP contribution is -2.39. The summed E-state index contributed by atoms with van der Waals surface area (Å²) in [5.41, 5.74) is -0.529. The first kappa shape index (κ1) is 21.9. The van der Waals surface area contributed by atoms with E-state index in [2.05, 4.69) is 21.9 Å². The van der Waals surface area contributed by atoms with Gasteiger partial charge in [-0.25, -0.2) is 14.8 Å². The quantitative estimate of drug-likeness (QED) is 0.408. The Bertz CT molecular complexity index is 1010. The van der Waals surface area contributed by atoms with Crippen LogP contribution in [0.25, 0.3) is 11.0 Å². The molecule has 0 aliphatic heterocycles. The summed E-state index contributed by atoms with van der Waals surface area (Å²) in [4.78, 5) is 46.9. The van der Waals surface area contributed by atoms with Gasteiger partial charge < -0.3 is 5.32 Å². The lowest BCUT2D eigenvalue weighted by atomic mass is 10.2. The standard InChI is InChI=1S/C19H27N5O3S/c1-7-9-20-16(25)12(5)28-17-13-15(21-14(22-17)11(3)4)24(10-8-2)19(27)23(6)18(13)26/h7,11-12H,1,8-10H2,2-6H3,(H,20,25). The summed E-state index contributed by atoms with van der Waals surface area (Å²) in [6.45, 7) is 12.0. The number of fused-ring (bicyclic) bond motifs is 1. The van der Waals surface area contributed by atoms with Crippen LogP contribution in [-0.2, 0) is 18.4 Å². The summed E-state index contributed by atoms with van der Waals surface area (Å²) in [5, 5.41) is 2.96. The van der Waals surface area contributed by atoms with Gasteiger partial charge in [-0.3, -0.25) is 18.7 Å². The molecule has 9 heteroatoms. The van der Waals surface area contributed by atoms with E-state index in [-0.39, 0.29) is 17.2 Å². The molecule has 2 aromatic heterocycles. The first-order chi connectivity index (χ1) is 13.2. The van der Waals surface area contributed by atoms with E-state index in [9.17, 15) is 14.4 Å². The summed E-state index contributed by atoms with van der Waals surface area (Å²) < 4.78 is 2.58. The summed E-state index contributed by atoms with van der Waals surface area (Å²) in [6, 6.07) is 0. The van der Waals surface area contributed by atoms with E-state index in [0.29, 0.717) is 29.6 Å². The largest absolute Gasteiger partial charge is 0.352 e. The van der Waals surface area contributed by atoms with Gasteiger partial charge in [-0.1, -0.05) is 38.6 Å². The first-order valence-electron chi connectivity index (χ1n) is 9.29. The van der Waals surface area contributed by atoms with Crippen LogP contribution in [0, 0.1) is 0 Å². The Balaban J connectivity index is 2.73. The van der Waals surface area contributed by atoms with Crippen molar-refractivity contribution >= 4 is 28.7 Å². The summed E-state index contributed by atoms with van der Waals surface area (Å²) in [7, 11) is 1.45. The van der Waals surface area contributed by atoms with Gasteiger partial charge in [-0.15, -0.1) is 6.58 Å². The molecule has 0 fully saturated rings. The smallest absolute Gasteiger partial charge is 0.332 e. The van der Waals surface area contributed by atoms with E-state index in [0.717, 1.165) is 11.0 Å². The molecule has 0 saturated carbocycles. The average Bonchev–Trinajstić information content (AvgIpc) is 2.66.